The standard InChI is InChI=1S/C23H28N4O4S.ClH/c1-17(2)22-24-23(31-25-22)20-15-19(9-10-21(20)30-3)32(28,29)27-13-11-26(12-14-27)16-18-7-5-4-6-8-18;/h4-10,15,17H,11-14,16H2,1-3H3;1H. The number of ether oxygens (including phenoxy) is 1. The first-order valence-corrected chi connectivity index (χ1v) is 12.1. The molecule has 2 aromatic carbocycles. The third kappa shape index (κ3) is 5.55. The van der Waals surface area contributed by atoms with Gasteiger partial charge in [0.25, 0.3) is 5.89 Å². The van der Waals surface area contributed by atoms with Crippen molar-refractivity contribution in [2.24, 2.45) is 0 Å². The molecule has 1 aliphatic rings. The molecule has 0 N–H and O–H groups in total. The highest BCUT2D eigenvalue weighted by atomic mass is 35.5. The van der Waals surface area contributed by atoms with E-state index in [9.17, 15) is 8.42 Å². The molecule has 1 aliphatic heterocycles. The van der Waals surface area contributed by atoms with Crippen LogP contribution in [-0.4, -0.2) is 61.1 Å². The molecule has 4 rings (SSSR count). The van der Waals surface area contributed by atoms with Crippen molar-refractivity contribution in [3.05, 3.63) is 59.9 Å². The first-order valence-electron chi connectivity index (χ1n) is 10.7. The second kappa shape index (κ2) is 10.6. The van der Waals surface area contributed by atoms with Gasteiger partial charge in [0, 0.05) is 38.6 Å². The summed E-state index contributed by atoms with van der Waals surface area (Å²) in [6.45, 7) is 6.98. The van der Waals surface area contributed by atoms with Crippen LogP contribution >= 0.6 is 12.4 Å². The van der Waals surface area contributed by atoms with E-state index in [1.165, 1.54) is 17.0 Å². The van der Waals surface area contributed by atoms with Crippen molar-refractivity contribution in [1.29, 1.82) is 0 Å². The summed E-state index contributed by atoms with van der Waals surface area (Å²) in [6.07, 6.45) is 0. The molecule has 0 amide bonds. The van der Waals surface area contributed by atoms with Crippen LogP contribution in [0.3, 0.4) is 0 Å². The van der Waals surface area contributed by atoms with Crippen LogP contribution in [0.4, 0.5) is 0 Å². The second-order valence-corrected chi connectivity index (χ2v) is 10.1. The molecule has 1 saturated heterocycles. The Labute approximate surface area is 201 Å². The van der Waals surface area contributed by atoms with Crippen molar-refractivity contribution in [3.63, 3.8) is 0 Å². The van der Waals surface area contributed by atoms with E-state index < -0.39 is 10.0 Å². The fourth-order valence-corrected chi connectivity index (χ4v) is 5.16. The summed E-state index contributed by atoms with van der Waals surface area (Å²) in [4.78, 5) is 6.86. The van der Waals surface area contributed by atoms with Gasteiger partial charge in [-0.2, -0.15) is 9.29 Å². The molecule has 0 spiro atoms. The Hall–Kier alpha value is -2.46. The van der Waals surface area contributed by atoms with Gasteiger partial charge in [0.15, 0.2) is 5.82 Å². The van der Waals surface area contributed by atoms with E-state index in [0.29, 0.717) is 43.3 Å². The van der Waals surface area contributed by atoms with Crippen molar-refractivity contribution in [2.75, 3.05) is 33.3 Å². The van der Waals surface area contributed by atoms with E-state index in [2.05, 4.69) is 27.2 Å². The van der Waals surface area contributed by atoms with Crippen molar-refractivity contribution in [1.82, 2.24) is 19.3 Å². The molecular formula is C23H29ClN4O4S. The fourth-order valence-electron chi connectivity index (χ4n) is 3.71. The summed E-state index contributed by atoms with van der Waals surface area (Å²) >= 11 is 0. The number of piperazine rings is 1. The van der Waals surface area contributed by atoms with E-state index in [1.807, 2.05) is 32.0 Å². The van der Waals surface area contributed by atoms with Crippen LogP contribution in [0.15, 0.2) is 57.9 Å². The Balaban J connectivity index is 0.00000306. The van der Waals surface area contributed by atoms with Crippen molar-refractivity contribution < 1.29 is 17.7 Å². The van der Waals surface area contributed by atoms with E-state index in [0.717, 1.165) is 6.54 Å². The normalized spacial score (nSPS) is 15.4. The van der Waals surface area contributed by atoms with E-state index in [4.69, 9.17) is 9.26 Å². The number of benzene rings is 2. The molecule has 8 nitrogen and oxygen atoms in total. The molecule has 0 saturated carbocycles. The molecule has 0 bridgehead atoms. The number of rotatable bonds is 7. The van der Waals surface area contributed by atoms with E-state index in [1.54, 1.807) is 18.2 Å². The molecule has 33 heavy (non-hydrogen) atoms. The lowest BCUT2D eigenvalue weighted by atomic mass is 10.2. The predicted molar refractivity (Wildman–Crippen MR) is 128 cm³/mol. The summed E-state index contributed by atoms with van der Waals surface area (Å²) in [5.74, 6) is 1.38. The highest BCUT2D eigenvalue weighted by molar-refractivity contribution is 7.89. The molecule has 1 aromatic heterocycles. The van der Waals surface area contributed by atoms with Crippen molar-refractivity contribution in [2.45, 2.75) is 31.2 Å². The summed E-state index contributed by atoms with van der Waals surface area (Å²) in [5.41, 5.74) is 1.69. The maximum absolute atomic E-state index is 13.3. The van der Waals surface area contributed by atoms with Gasteiger partial charge in [-0.3, -0.25) is 4.90 Å². The summed E-state index contributed by atoms with van der Waals surface area (Å²) in [7, 11) is -2.14. The summed E-state index contributed by atoms with van der Waals surface area (Å²) < 4.78 is 39.0. The van der Waals surface area contributed by atoms with Gasteiger partial charge in [0.05, 0.1) is 17.6 Å². The number of nitrogens with zero attached hydrogens (tertiary/aromatic N) is 4. The van der Waals surface area contributed by atoms with Crippen LogP contribution in [-0.2, 0) is 16.6 Å². The number of hydrogen-bond donors (Lipinski definition) is 0. The van der Waals surface area contributed by atoms with Gasteiger partial charge in [-0.15, -0.1) is 12.4 Å². The lowest BCUT2D eigenvalue weighted by Crippen LogP contribution is -2.48. The second-order valence-electron chi connectivity index (χ2n) is 8.14. The minimum atomic E-state index is -3.66. The van der Waals surface area contributed by atoms with Crippen LogP contribution in [0.2, 0.25) is 0 Å². The molecule has 0 unspecified atom stereocenters. The molecule has 3 aromatic rings. The average molecular weight is 493 g/mol. The average Bonchev–Trinajstić information content (AvgIpc) is 3.30. The SMILES string of the molecule is COc1ccc(S(=O)(=O)N2CCN(Cc3ccccc3)CC2)cc1-c1nc(C(C)C)no1.Cl. The number of halogens is 1. The van der Waals surface area contributed by atoms with Gasteiger partial charge < -0.3 is 9.26 Å². The zero-order chi connectivity index (χ0) is 22.7. The minimum absolute atomic E-state index is 0. The summed E-state index contributed by atoms with van der Waals surface area (Å²) in [6, 6.07) is 15.0. The summed E-state index contributed by atoms with van der Waals surface area (Å²) in [5, 5.41) is 3.98. The van der Waals surface area contributed by atoms with Crippen LogP contribution in [0, 0.1) is 0 Å². The Morgan fingerprint density at radius 2 is 1.76 bits per heavy atom. The van der Waals surface area contributed by atoms with Gasteiger partial charge in [-0.05, 0) is 23.8 Å². The largest absolute Gasteiger partial charge is 0.496 e. The third-order valence-corrected chi connectivity index (χ3v) is 7.47. The van der Waals surface area contributed by atoms with Gasteiger partial charge >= 0.3 is 0 Å². The highest BCUT2D eigenvalue weighted by Crippen LogP contribution is 2.33. The first-order chi connectivity index (χ1) is 15.4. The van der Waals surface area contributed by atoms with Gasteiger partial charge in [-0.25, -0.2) is 8.42 Å². The third-order valence-electron chi connectivity index (χ3n) is 5.58. The Bertz CT molecular complexity index is 1160. The maximum atomic E-state index is 13.3. The van der Waals surface area contributed by atoms with E-state index in [-0.39, 0.29) is 29.1 Å². The Kier molecular flexibility index (Phi) is 8.12. The number of sulfonamides is 1. The number of aromatic nitrogens is 2. The Morgan fingerprint density at radius 1 is 1.06 bits per heavy atom. The smallest absolute Gasteiger partial charge is 0.261 e. The van der Waals surface area contributed by atoms with Crippen LogP contribution in [0.25, 0.3) is 11.5 Å². The van der Waals surface area contributed by atoms with Crippen LogP contribution in [0.1, 0.15) is 31.2 Å². The van der Waals surface area contributed by atoms with Crippen LogP contribution < -0.4 is 4.74 Å². The first kappa shape index (κ1) is 25.2. The van der Waals surface area contributed by atoms with Crippen molar-refractivity contribution >= 4 is 22.4 Å². The van der Waals surface area contributed by atoms with Crippen LogP contribution in [0.5, 0.6) is 5.75 Å². The molecule has 1 fully saturated rings. The van der Waals surface area contributed by atoms with Crippen molar-refractivity contribution in [3.8, 4) is 17.2 Å². The topological polar surface area (TPSA) is 88.8 Å². The zero-order valence-electron chi connectivity index (χ0n) is 19.0. The monoisotopic (exact) mass is 492 g/mol. The van der Waals surface area contributed by atoms with Gasteiger partial charge in [0.2, 0.25) is 10.0 Å². The molecule has 0 radical (unpaired) electrons. The molecule has 10 heteroatoms. The maximum Gasteiger partial charge on any atom is 0.261 e. The molecule has 0 aliphatic carbocycles. The zero-order valence-corrected chi connectivity index (χ0v) is 20.6. The predicted octanol–water partition coefficient (Wildman–Crippen LogP) is 3.80. The Morgan fingerprint density at radius 3 is 2.36 bits per heavy atom. The molecule has 0 atom stereocenters. The fraction of sp³-hybridized carbons (Fsp3) is 0.391. The molecular weight excluding hydrogens is 464 g/mol. The number of hydrogen-bond acceptors (Lipinski definition) is 7. The lowest BCUT2D eigenvalue weighted by Gasteiger charge is -2.34. The lowest BCUT2D eigenvalue weighted by molar-refractivity contribution is 0.181. The highest BCUT2D eigenvalue weighted by Gasteiger charge is 2.30. The van der Waals surface area contributed by atoms with Gasteiger partial charge in [0.1, 0.15) is 5.75 Å². The van der Waals surface area contributed by atoms with Gasteiger partial charge in [-0.1, -0.05) is 49.3 Å². The molecule has 178 valence electrons. The minimum Gasteiger partial charge on any atom is -0.496 e. The quantitative estimate of drug-likeness (QED) is 0.495. The van der Waals surface area contributed by atoms with E-state index >= 15 is 0 Å². The number of methoxy groups -OCH3 is 1. The molecule has 2 heterocycles.